The zero-order chi connectivity index (χ0) is 12.9. The quantitative estimate of drug-likeness (QED) is 0.714. The monoisotopic (exact) mass is 244 g/mol. The van der Waals surface area contributed by atoms with Gasteiger partial charge in [-0.3, -0.25) is 4.79 Å². The maximum Gasteiger partial charge on any atom is 0.324 e. The summed E-state index contributed by atoms with van der Waals surface area (Å²) in [6.07, 6.45) is 1.97. The minimum Gasteiger partial charge on any atom is -0.480 e. The van der Waals surface area contributed by atoms with E-state index >= 15 is 0 Å². The minimum atomic E-state index is -0.873. The molecular formula is C12H24N2O3. The van der Waals surface area contributed by atoms with Crippen molar-refractivity contribution in [2.24, 2.45) is 0 Å². The first-order valence-electron chi connectivity index (χ1n) is 6.26. The fraction of sp³-hybridized carbons (Fsp3) is 0.917. The molecule has 0 aromatic heterocycles. The van der Waals surface area contributed by atoms with Crippen LogP contribution < -0.4 is 5.32 Å². The first-order chi connectivity index (χ1) is 7.99. The molecule has 17 heavy (non-hydrogen) atoms. The number of hydrogen-bond donors (Lipinski definition) is 2. The number of carboxylic acid groups (broad SMARTS) is 1. The van der Waals surface area contributed by atoms with Crippen LogP contribution in [0.3, 0.4) is 0 Å². The zero-order valence-corrected chi connectivity index (χ0v) is 11.0. The standard InChI is InChI=1S/C12H24N2O3/c1-4-13-12(2,11(15)16)9-14(3)10-5-7-17-8-6-10/h10,13H,4-9H2,1-3H3,(H,15,16). The lowest BCUT2D eigenvalue weighted by atomic mass is 9.99. The van der Waals surface area contributed by atoms with E-state index in [9.17, 15) is 9.90 Å². The molecule has 0 spiro atoms. The van der Waals surface area contributed by atoms with Gasteiger partial charge in [0, 0.05) is 25.8 Å². The normalized spacial score (nSPS) is 21.4. The van der Waals surface area contributed by atoms with Gasteiger partial charge in [-0.2, -0.15) is 0 Å². The van der Waals surface area contributed by atoms with Gasteiger partial charge in [0.05, 0.1) is 0 Å². The molecule has 0 amide bonds. The highest BCUT2D eigenvalue weighted by Crippen LogP contribution is 2.16. The van der Waals surface area contributed by atoms with Gasteiger partial charge in [0.2, 0.25) is 0 Å². The van der Waals surface area contributed by atoms with Crippen molar-refractivity contribution in [3.63, 3.8) is 0 Å². The fourth-order valence-corrected chi connectivity index (χ4v) is 2.34. The molecule has 0 aliphatic carbocycles. The van der Waals surface area contributed by atoms with Crippen molar-refractivity contribution in [3.8, 4) is 0 Å². The van der Waals surface area contributed by atoms with Gasteiger partial charge >= 0.3 is 5.97 Å². The Balaban J connectivity index is 2.56. The van der Waals surface area contributed by atoms with Gasteiger partial charge in [0.25, 0.3) is 0 Å². The van der Waals surface area contributed by atoms with Crippen LogP contribution in [0, 0.1) is 0 Å². The summed E-state index contributed by atoms with van der Waals surface area (Å²) < 4.78 is 5.32. The molecular weight excluding hydrogens is 220 g/mol. The van der Waals surface area contributed by atoms with Crippen molar-refractivity contribution in [2.45, 2.75) is 38.3 Å². The number of carbonyl (C=O) groups is 1. The van der Waals surface area contributed by atoms with Crippen LogP contribution in [0.5, 0.6) is 0 Å². The summed E-state index contributed by atoms with van der Waals surface area (Å²) in [7, 11) is 1.99. The number of ether oxygens (including phenoxy) is 1. The van der Waals surface area contributed by atoms with E-state index in [2.05, 4.69) is 10.2 Å². The molecule has 0 radical (unpaired) electrons. The molecule has 2 N–H and O–H groups in total. The number of likely N-dealkylation sites (N-methyl/N-ethyl adjacent to an activating group) is 2. The summed E-state index contributed by atoms with van der Waals surface area (Å²) in [5.41, 5.74) is -0.873. The van der Waals surface area contributed by atoms with E-state index in [0.29, 0.717) is 19.1 Å². The molecule has 0 bridgehead atoms. The zero-order valence-electron chi connectivity index (χ0n) is 11.0. The van der Waals surface area contributed by atoms with Crippen molar-refractivity contribution in [3.05, 3.63) is 0 Å². The third-order valence-corrected chi connectivity index (χ3v) is 3.42. The van der Waals surface area contributed by atoms with Crippen molar-refractivity contribution in [2.75, 3.05) is 33.4 Å². The van der Waals surface area contributed by atoms with Crippen molar-refractivity contribution in [1.82, 2.24) is 10.2 Å². The van der Waals surface area contributed by atoms with Crippen LogP contribution in [0.1, 0.15) is 26.7 Å². The highest BCUT2D eigenvalue weighted by molar-refractivity contribution is 5.78. The van der Waals surface area contributed by atoms with Gasteiger partial charge in [-0.25, -0.2) is 0 Å². The highest BCUT2D eigenvalue weighted by atomic mass is 16.5. The van der Waals surface area contributed by atoms with E-state index in [1.54, 1.807) is 6.92 Å². The summed E-state index contributed by atoms with van der Waals surface area (Å²) in [4.78, 5) is 13.5. The summed E-state index contributed by atoms with van der Waals surface area (Å²) >= 11 is 0. The van der Waals surface area contributed by atoms with Crippen molar-refractivity contribution < 1.29 is 14.6 Å². The second kappa shape index (κ2) is 6.33. The molecule has 1 atom stereocenters. The van der Waals surface area contributed by atoms with Crippen LogP contribution in [0.4, 0.5) is 0 Å². The molecule has 1 rings (SSSR count). The summed E-state index contributed by atoms with van der Waals surface area (Å²) in [5, 5.41) is 12.4. The lowest BCUT2D eigenvalue weighted by Crippen LogP contribution is -2.58. The predicted molar refractivity (Wildman–Crippen MR) is 66.2 cm³/mol. The van der Waals surface area contributed by atoms with Crippen LogP contribution in [-0.2, 0) is 9.53 Å². The van der Waals surface area contributed by atoms with E-state index in [0.717, 1.165) is 26.1 Å². The van der Waals surface area contributed by atoms with E-state index in [1.165, 1.54) is 0 Å². The first-order valence-corrected chi connectivity index (χ1v) is 6.26. The number of aliphatic carboxylic acids is 1. The average molecular weight is 244 g/mol. The number of rotatable bonds is 6. The van der Waals surface area contributed by atoms with E-state index in [-0.39, 0.29) is 0 Å². The number of carboxylic acids is 1. The Bertz CT molecular complexity index is 254. The van der Waals surface area contributed by atoms with Crippen LogP contribution in [0.2, 0.25) is 0 Å². The van der Waals surface area contributed by atoms with E-state index in [1.807, 2.05) is 14.0 Å². The largest absolute Gasteiger partial charge is 0.480 e. The molecule has 1 aliphatic heterocycles. The van der Waals surface area contributed by atoms with Gasteiger partial charge in [-0.05, 0) is 33.4 Å². The maximum absolute atomic E-state index is 11.3. The predicted octanol–water partition coefficient (Wildman–Crippen LogP) is 0.550. The number of nitrogens with one attached hydrogen (secondary N) is 1. The molecule has 0 saturated carbocycles. The lowest BCUT2D eigenvalue weighted by molar-refractivity contribution is -0.145. The molecule has 1 saturated heterocycles. The fourth-order valence-electron chi connectivity index (χ4n) is 2.34. The van der Waals surface area contributed by atoms with Gasteiger partial charge in [0.15, 0.2) is 0 Å². The molecule has 5 nitrogen and oxygen atoms in total. The summed E-state index contributed by atoms with van der Waals surface area (Å²) in [6.45, 7) is 6.40. The van der Waals surface area contributed by atoms with Crippen LogP contribution >= 0.6 is 0 Å². The summed E-state index contributed by atoms with van der Waals surface area (Å²) in [6, 6.07) is 0.432. The van der Waals surface area contributed by atoms with Crippen LogP contribution in [0.25, 0.3) is 0 Å². The van der Waals surface area contributed by atoms with E-state index in [4.69, 9.17) is 4.74 Å². The molecule has 0 aromatic carbocycles. The number of nitrogens with zero attached hydrogens (tertiary/aromatic N) is 1. The molecule has 1 heterocycles. The average Bonchev–Trinajstić information content (AvgIpc) is 2.30. The number of hydrogen-bond acceptors (Lipinski definition) is 4. The molecule has 1 aliphatic rings. The Morgan fingerprint density at radius 3 is 2.59 bits per heavy atom. The summed E-state index contributed by atoms with van der Waals surface area (Å²) in [5.74, 6) is -0.793. The molecule has 5 heteroatoms. The Hall–Kier alpha value is -0.650. The van der Waals surface area contributed by atoms with Gasteiger partial charge in [0.1, 0.15) is 5.54 Å². The second-order valence-corrected chi connectivity index (χ2v) is 4.93. The SMILES string of the molecule is CCNC(C)(CN(C)C1CCOCC1)C(=O)O. The third kappa shape index (κ3) is 3.94. The topological polar surface area (TPSA) is 61.8 Å². The molecule has 100 valence electrons. The Labute approximate surface area is 103 Å². The molecule has 1 fully saturated rings. The van der Waals surface area contributed by atoms with Crippen molar-refractivity contribution >= 4 is 5.97 Å². The lowest BCUT2D eigenvalue weighted by Gasteiger charge is -2.37. The highest BCUT2D eigenvalue weighted by Gasteiger charge is 2.35. The minimum absolute atomic E-state index is 0.432. The van der Waals surface area contributed by atoms with Gasteiger partial charge in [-0.15, -0.1) is 0 Å². The first kappa shape index (κ1) is 14.4. The third-order valence-electron chi connectivity index (χ3n) is 3.42. The Morgan fingerprint density at radius 1 is 1.53 bits per heavy atom. The Kier molecular flexibility index (Phi) is 5.36. The van der Waals surface area contributed by atoms with Crippen LogP contribution in [-0.4, -0.2) is 60.9 Å². The van der Waals surface area contributed by atoms with Crippen LogP contribution in [0.15, 0.2) is 0 Å². The van der Waals surface area contributed by atoms with Gasteiger partial charge < -0.3 is 20.1 Å². The smallest absolute Gasteiger partial charge is 0.324 e. The maximum atomic E-state index is 11.3. The van der Waals surface area contributed by atoms with Crippen molar-refractivity contribution in [1.29, 1.82) is 0 Å². The van der Waals surface area contributed by atoms with E-state index < -0.39 is 11.5 Å². The Morgan fingerprint density at radius 2 is 2.12 bits per heavy atom. The van der Waals surface area contributed by atoms with Gasteiger partial charge in [-0.1, -0.05) is 6.92 Å². The second-order valence-electron chi connectivity index (χ2n) is 4.93. The molecule has 1 unspecified atom stereocenters. The molecule has 0 aromatic rings.